The van der Waals surface area contributed by atoms with Crippen LogP contribution in [0.25, 0.3) is 11.2 Å². The molecule has 0 bridgehead atoms. The first kappa shape index (κ1) is 27.7. The maximum Gasteiger partial charge on any atom is 0.407 e. The van der Waals surface area contributed by atoms with Crippen molar-refractivity contribution < 1.29 is 14.3 Å². The van der Waals surface area contributed by atoms with Crippen molar-refractivity contribution in [1.29, 1.82) is 0 Å². The second kappa shape index (κ2) is 11.2. The lowest BCUT2D eigenvalue weighted by Gasteiger charge is -2.34. The average Bonchev–Trinajstić information content (AvgIpc) is 3.28. The highest BCUT2D eigenvalue weighted by Gasteiger charge is 2.29. The Balaban J connectivity index is 1.74. The number of Topliss-reactive ketones (excluding diaryl/α,β-unsaturated/α-hetero) is 1. The van der Waals surface area contributed by atoms with Gasteiger partial charge in [0.15, 0.2) is 16.9 Å². The highest BCUT2D eigenvalue weighted by atomic mass is 16.6. The number of anilines is 1. The van der Waals surface area contributed by atoms with E-state index in [0.717, 1.165) is 17.4 Å². The van der Waals surface area contributed by atoms with E-state index in [9.17, 15) is 19.2 Å². The number of alkyl carbamates (subject to hydrolysis) is 1. The van der Waals surface area contributed by atoms with Gasteiger partial charge < -0.3 is 15.0 Å². The number of nitrogens with zero attached hydrogens (tertiary/aromatic N) is 5. The standard InChI is InChI=1S/C28H34N6O5/c1-6-7-16-33-22-23(30-25(33)32-15-11-14-20(17-32)29-26(37)39-28(2,3)4)31(5)27(38)34(24(22)36)18-21(35)19-12-9-8-10-13-19/h8-10,12-13,20H,11,14-18H2,1-5H3,(H,29,37)/t20-/m0/s1. The number of hydrogen-bond donors (Lipinski definition) is 1. The highest BCUT2D eigenvalue weighted by Crippen LogP contribution is 2.23. The molecule has 4 rings (SSSR count). The number of ketones is 1. The zero-order chi connectivity index (χ0) is 28.3. The van der Waals surface area contributed by atoms with Gasteiger partial charge in [0, 0.05) is 31.7 Å². The summed E-state index contributed by atoms with van der Waals surface area (Å²) >= 11 is 0. The summed E-state index contributed by atoms with van der Waals surface area (Å²) in [7, 11) is 1.53. The summed E-state index contributed by atoms with van der Waals surface area (Å²) in [5.74, 6) is 5.97. The zero-order valence-electron chi connectivity index (χ0n) is 23.0. The third kappa shape index (κ3) is 6.06. The molecule has 11 nitrogen and oxygen atoms in total. The summed E-state index contributed by atoms with van der Waals surface area (Å²) in [5.41, 5.74) is -1.03. The van der Waals surface area contributed by atoms with Gasteiger partial charge in [-0.1, -0.05) is 36.3 Å². The Bertz CT molecular complexity index is 1570. The number of hydrogen-bond acceptors (Lipinski definition) is 7. The lowest BCUT2D eigenvalue weighted by Crippen LogP contribution is -2.49. The molecule has 1 aliphatic heterocycles. The number of ether oxygens (including phenoxy) is 1. The minimum Gasteiger partial charge on any atom is -0.444 e. The molecule has 206 valence electrons. The second-order valence-electron chi connectivity index (χ2n) is 10.6. The largest absolute Gasteiger partial charge is 0.444 e. The number of nitrogens with one attached hydrogen (secondary N) is 1. The molecule has 11 heteroatoms. The van der Waals surface area contributed by atoms with Crippen molar-refractivity contribution in [3.63, 3.8) is 0 Å². The van der Waals surface area contributed by atoms with E-state index in [1.54, 1.807) is 62.6 Å². The molecule has 2 aromatic heterocycles. The fraction of sp³-hybridized carbons (Fsp3) is 0.464. The Morgan fingerprint density at radius 2 is 1.87 bits per heavy atom. The van der Waals surface area contributed by atoms with E-state index in [4.69, 9.17) is 9.72 Å². The molecule has 1 N–H and O–H groups in total. The van der Waals surface area contributed by atoms with Crippen molar-refractivity contribution in [1.82, 2.24) is 24.0 Å². The van der Waals surface area contributed by atoms with E-state index in [0.29, 0.717) is 24.6 Å². The Morgan fingerprint density at radius 3 is 2.54 bits per heavy atom. The van der Waals surface area contributed by atoms with Gasteiger partial charge in [-0.25, -0.2) is 9.59 Å². The maximum atomic E-state index is 13.7. The molecule has 3 heterocycles. The van der Waals surface area contributed by atoms with Gasteiger partial charge >= 0.3 is 11.8 Å². The maximum absolute atomic E-state index is 13.7. The lowest BCUT2D eigenvalue weighted by atomic mass is 10.1. The Hall–Kier alpha value is -4.33. The predicted octanol–water partition coefficient (Wildman–Crippen LogP) is 2.30. The van der Waals surface area contributed by atoms with Crippen LogP contribution < -0.4 is 21.5 Å². The van der Waals surface area contributed by atoms with Crippen molar-refractivity contribution in [2.24, 2.45) is 7.05 Å². The summed E-state index contributed by atoms with van der Waals surface area (Å²) in [6.07, 6.45) is 1.04. The second-order valence-corrected chi connectivity index (χ2v) is 10.6. The molecule has 1 aromatic carbocycles. The Kier molecular flexibility index (Phi) is 7.95. The SMILES string of the molecule is CC#CCn1c(N2CCC[C@H](NC(=O)OC(C)(C)C)C2)nc2c1c(=O)n(CC(=O)c1ccccc1)c(=O)n2C. The number of imidazole rings is 1. The fourth-order valence-corrected chi connectivity index (χ4v) is 4.66. The highest BCUT2D eigenvalue weighted by molar-refractivity contribution is 5.96. The number of aryl methyl sites for hydroxylation is 1. The number of carbonyl (C=O) groups excluding carboxylic acids is 2. The van der Waals surface area contributed by atoms with Crippen LogP contribution in [0.2, 0.25) is 0 Å². The number of amides is 1. The van der Waals surface area contributed by atoms with Crippen LogP contribution in [0.5, 0.6) is 0 Å². The minimum absolute atomic E-state index is 0.170. The topological polar surface area (TPSA) is 120 Å². The van der Waals surface area contributed by atoms with E-state index in [1.807, 2.05) is 4.90 Å². The van der Waals surface area contributed by atoms with Crippen LogP contribution in [0, 0.1) is 11.8 Å². The van der Waals surface area contributed by atoms with Gasteiger partial charge in [-0.2, -0.15) is 4.98 Å². The van der Waals surface area contributed by atoms with Crippen molar-refractivity contribution in [3.8, 4) is 11.8 Å². The molecule has 0 aliphatic carbocycles. The van der Waals surface area contributed by atoms with Crippen molar-refractivity contribution in [3.05, 3.63) is 56.7 Å². The number of fused-ring (bicyclic) bond motifs is 1. The first-order valence-electron chi connectivity index (χ1n) is 12.9. The molecule has 1 atom stereocenters. The monoisotopic (exact) mass is 534 g/mol. The van der Waals surface area contributed by atoms with E-state index in [1.165, 1.54) is 11.6 Å². The average molecular weight is 535 g/mol. The Morgan fingerprint density at radius 1 is 1.15 bits per heavy atom. The van der Waals surface area contributed by atoms with Crippen LogP contribution in [-0.4, -0.2) is 55.3 Å². The van der Waals surface area contributed by atoms with E-state index >= 15 is 0 Å². The predicted molar refractivity (Wildman–Crippen MR) is 148 cm³/mol. The summed E-state index contributed by atoms with van der Waals surface area (Å²) in [6.45, 7) is 7.98. The molecule has 39 heavy (non-hydrogen) atoms. The van der Waals surface area contributed by atoms with Crippen LogP contribution >= 0.6 is 0 Å². The first-order chi connectivity index (χ1) is 18.5. The van der Waals surface area contributed by atoms with Crippen LogP contribution in [0.3, 0.4) is 0 Å². The molecule has 3 aromatic rings. The zero-order valence-corrected chi connectivity index (χ0v) is 23.0. The molecular weight excluding hydrogens is 500 g/mol. The van der Waals surface area contributed by atoms with Gasteiger partial charge in [-0.3, -0.25) is 23.3 Å². The molecule has 1 saturated heterocycles. The van der Waals surface area contributed by atoms with Gasteiger partial charge in [-0.15, -0.1) is 5.92 Å². The number of piperidine rings is 1. The van der Waals surface area contributed by atoms with E-state index < -0.39 is 29.5 Å². The molecule has 1 aliphatic rings. The normalized spacial score (nSPS) is 15.5. The van der Waals surface area contributed by atoms with Gasteiger partial charge in [-0.05, 0) is 40.5 Å². The first-order valence-corrected chi connectivity index (χ1v) is 12.9. The van der Waals surface area contributed by atoms with Gasteiger partial charge in [0.05, 0.1) is 13.1 Å². The molecule has 1 amide bonds. The number of benzene rings is 1. The minimum atomic E-state index is -0.627. The summed E-state index contributed by atoms with van der Waals surface area (Å²) in [6, 6.07) is 8.35. The van der Waals surface area contributed by atoms with Crippen molar-refractivity contribution in [2.75, 3.05) is 18.0 Å². The van der Waals surface area contributed by atoms with Crippen molar-refractivity contribution in [2.45, 2.75) is 65.3 Å². The van der Waals surface area contributed by atoms with Crippen LogP contribution in [0.1, 0.15) is 50.9 Å². The van der Waals surface area contributed by atoms with E-state index in [2.05, 4.69) is 17.2 Å². The third-order valence-electron chi connectivity index (χ3n) is 6.45. The van der Waals surface area contributed by atoms with E-state index in [-0.39, 0.29) is 29.5 Å². The summed E-state index contributed by atoms with van der Waals surface area (Å²) < 4.78 is 9.33. The van der Waals surface area contributed by atoms with Crippen LogP contribution in [0.4, 0.5) is 10.7 Å². The van der Waals surface area contributed by atoms with Crippen LogP contribution in [-0.2, 0) is 24.9 Å². The van der Waals surface area contributed by atoms with Crippen LogP contribution in [0.15, 0.2) is 39.9 Å². The smallest absolute Gasteiger partial charge is 0.407 e. The number of aromatic nitrogens is 4. The van der Waals surface area contributed by atoms with Gasteiger partial charge in [0.1, 0.15) is 5.60 Å². The number of carbonyl (C=O) groups is 2. The third-order valence-corrected chi connectivity index (χ3v) is 6.45. The van der Waals surface area contributed by atoms with Gasteiger partial charge in [0.25, 0.3) is 5.56 Å². The molecule has 0 unspecified atom stereocenters. The van der Waals surface area contributed by atoms with Gasteiger partial charge in [0.2, 0.25) is 5.95 Å². The fourth-order valence-electron chi connectivity index (χ4n) is 4.66. The Labute approximate surface area is 226 Å². The quantitative estimate of drug-likeness (QED) is 0.381. The molecular formula is C28H34N6O5. The molecule has 0 spiro atoms. The number of rotatable bonds is 6. The summed E-state index contributed by atoms with van der Waals surface area (Å²) in [5, 5.41) is 2.92. The summed E-state index contributed by atoms with van der Waals surface area (Å²) in [4.78, 5) is 58.8. The van der Waals surface area contributed by atoms with Crippen molar-refractivity contribution >= 4 is 29.0 Å². The molecule has 0 saturated carbocycles. The molecule has 0 radical (unpaired) electrons. The molecule has 1 fully saturated rings. The lowest BCUT2D eigenvalue weighted by molar-refractivity contribution is 0.0499.